The summed E-state index contributed by atoms with van der Waals surface area (Å²) in [7, 11) is 0. The SMILES string of the molecule is OCC1CC2CCC1(CO)C2. The molecule has 0 aliphatic heterocycles. The van der Waals surface area contributed by atoms with Crippen LogP contribution in [0, 0.1) is 17.3 Å². The normalized spacial score (nSPS) is 48.5. The van der Waals surface area contributed by atoms with Gasteiger partial charge in [0.2, 0.25) is 0 Å². The van der Waals surface area contributed by atoms with Gasteiger partial charge in [-0.15, -0.1) is 0 Å². The molecule has 0 aromatic heterocycles. The van der Waals surface area contributed by atoms with Crippen molar-refractivity contribution in [3.8, 4) is 0 Å². The molecule has 2 rings (SSSR count). The van der Waals surface area contributed by atoms with Gasteiger partial charge in [-0.05, 0) is 42.9 Å². The molecule has 0 aromatic carbocycles. The third-order valence-corrected chi connectivity index (χ3v) is 3.76. The van der Waals surface area contributed by atoms with Crippen LogP contribution in [0.1, 0.15) is 25.7 Å². The Labute approximate surface area is 67.2 Å². The van der Waals surface area contributed by atoms with Crippen LogP contribution in [0.3, 0.4) is 0 Å². The van der Waals surface area contributed by atoms with Crippen LogP contribution >= 0.6 is 0 Å². The van der Waals surface area contributed by atoms with Gasteiger partial charge in [0.05, 0.1) is 0 Å². The Morgan fingerprint density at radius 3 is 2.64 bits per heavy atom. The highest BCUT2D eigenvalue weighted by Gasteiger charge is 2.50. The Morgan fingerprint density at radius 2 is 2.18 bits per heavy atom. The molecule has 0 amide bonds. The summed E-state index contributed by atoms with van der Waals surface area (Å²) < 4.78 is 0. The van der Waals surface area contributed by atoms with Crippen LogP contribution in [0.2, 0.25) is 0 Å². The highest BCUT2D eigenvalue weighted by Crippen LogP contribution is 2.56. The molecule has 11 heavy (non-hydrogen) atoms. The van der Waals surface area contributed by atoms with Crippen LogP contribution < -0.4 is 0 Å². The second-order valence-corrected chi connectivity index (χ2v) is 4.24. The summed E-state index contributed by atoms with van der Waals surface area (Å²) in [5.74, 6) is 1.20. The maximum absolute atomic E-state index is 9.23. The van der Waals surface area contributed by atoms with Crippen LogP contribution in [0.4, 0.5) is 0 Å². The van der Waals surface area contributed by atoms with Gasteiger partial charge in [0, 0.05) is 13.2 Å². The van der Waals surface area contributed by atoms with Crippen molar-refractivity contribution in [3.05, 3.63) is 0 Å². The van der Waals surface area contributed by atoms with E-state index in [0.717, 1.165) is 25.2 Å². The molecule has 2 bridgehead atoms. The number of fused-ring (bicyclic) bond motifs is 2. The molecule has 2 fully saturated rings. The lowest BCUT2D eigenvalue weighted by molar-refractivity contribution is 0.0453. The second kappa shape index (κ2) is 2.46. The number of aliphatic hydroxyl groups is 2. The van der Waals surface area contributed by atoms with E-state index in [9.17, 15) is 5.11 Å². The lowest BCUT2D eigenvalue weighted by Gasteiger charge is -2.31. The van der Waals surface area contributed by atoms with Gasteiger partial charge < -0.3 is 10.2 Å². The van der Waals surface area contributed by atoms with Gasteiger partial charge >= 0.3 is 0 Å². The lowest BCUT2D eigenvalue weighted by Crippen LogP contribution is -2.31. The first-order chi connectivity index (χ1) is 5.30. The van der Waals surface area contributed by atoms with Crippen LogP contribution in [-0.2, 0) is 0 Å². The molecule has 0 saturated heterocycles. The molecule has 3 unspecified atom stereocenters. The number of aliphatic hydroxyl groups excluding tert-OH is 2. The van der Waals surface area contributed by atoms with Gasteiger partial charge in [-0.25, -0.2) is 0 Å². The summed E-state index contributed by atoms with van der Waals surface area (Å²) in [6.07, 6.45) is 4.72. The molecule has 2 saturated carbocycles. The third kappa shape index (κ3) is 0.926. The first-order valence-corrected chi connectivity index (χ1v) is 4.52. The van der Waals surface area contributed by atoms with Gasteiger partial charge in [0.1, 0.15) is 0 Å². The maximum atomic E-state index is 9.23. The Balaban J connectivity index is 2.15. The van der Waals surface area contributed by atoms with E-state index in [1.165, 1.54) is 6.42 Å². The average molecular weight is 156 g/mol. The molecule has 2 N–H and O–H groups in total. The van der Waals surface area contributed by atoms with Crippen molar-refractivity contribution in [2.45, 2.75) is 25.7 Å². The maximum Gasteiger partial charge on any atom is 0.0491 e. The van der Waals surface area contributed by atoms with E-state index in [-0.39, 0.29) is 18.6 Å². The molecule has 0 heterocycles. The molecule has 2 heteroatoms. The van der Waals surface area contributed by atoms with Crippen molar-refractivity contribution in [2.75, 3.05) is 13.2 Å². The third-order valence-electron chi connectivity index (χ3n) is 3.76. The Kier molecular flexibility index (Phi) is 1.69. The van der Waals surface area contributed by atoms with E-state index in [1.54, 1.807) is 0 Å². The van der Waals surface area contributed by atoms with Crippen molar-refractivity contribution >= 4 is 0 Å². The standard InChI is InChI=1S/C9H16O2/c10-5-8-3-7-1-2-9(8,4-7)6-11/h7-8,10-11H,1-6H2. The van der Waals surface area contributed by atoms with E-state index in [2.05, 4.69) is 0 Å². The fraction of sp³-hybridized carbons (Fsp3) is 1.00. The molecule has 0 radical (unpaired) electrons. The van der Waals surface area contributed by atoms with Gasteiger partial charge in [-0.3, -0.25) is 0 Å². The summed E-state index contributed by atoms with van der Waals surface area (Å²) in [5, 5.41) is 18.3. The van der Waals surface area contributed by atoms with Crippen LogP contribution in [0.25, 0.3) is 0 Å². The van der Waals surface area contributed by atoms with Gasteiger partial charge in [0.15, 0.2) is 0 Å². The highest BCUT2D eigenvalue weighted by atomic mass is 16.3. The first kappa shape index (κ1) is 7.56. The van der Waals surface area contributed by atoms with Crippen molar-refractivity contribution in [1.29, 1.82) is 0 Å². The fourth-order valence-electron chi connectivity index (χ4n) is 3.04. The summed E-state index contributed by atoms with van der Waals surface area (Å²) in [5.41, 5.74) is 0.124. The largest absolute Gasteiger partial charge is 0.396 e. The molecule has 3 atom stereocenters. The summed E-state index contributed by atoms with van der Waals surface area (Å²) >= 11 is 0. The van der Waals surface area contributed by atoms with Crippen molar-refractivity contribution in [3.63, 3.8) is 0 Å². The minimum Gasteiger partial charge on any atom is -0.396 e. The predicted octanol–water partition coefficient (Wildman–Crippen LogP) is 0.777. The Morgan fingerprint density at radius 1 is 1.36 bits per heavy atom. The quantitative estimate of drug-likeness (QED) is 0.620. The Bertz CT molecular complexity index is 158. The zero-order valence-electron chi connectivity index (χ0n) is 6.79. The number of hydrogen-bond donors (Lipinski definition) is 2. The van der Waals surface area contributed by atoms with E-state index < -0.39 is 0 Å². The molecular weight excluding hydrogens is 140 g/mol. The van der Waals surface area contributed by atoms with Crippen molar-refractivity contribution in [1.82, 2.24) is 0 Å². The second-order valence-electron chi connectivity index (χ2n) is 4.24. The highest BCUT2D eigenvalue weighted by molar-refractivity contribution is 5.00. The van der Waals surface area contributed by atoms with Gasteiger partial charge in [-0.1, -0.05) is 0 Å². The van der Waals surface area contributed by atoms with Gasteiger partial charge in [-0.2, -0.15) is 0 Å². The summed E-state index contributed by atoms with van der Waals surface area (Å²) in [4.78, 5) is 0. The molecule has 0 aromatic rings. The minimum atomic E-state index is 0.124. The first-order valence-electron chi connectivity index (χ1n) is 4.52. The lowest BCUT2D eigenvalue weighted by atomic mass is 9.76. The van der Waals surface area contributed by atoms with E-state index >= 15 is 0 Å². The molecule has 2 nitrogen and oxygen atoms in total. The smallest absolute Gasteiger partial charge is 0.0491 e. The van der Waals surface area contributed by atoms with E-state index in [1.807, 2.05) is 0 Å². The molecule has 0 spiro atoms. The van der Waals surface area contributed by atoms with Crippen LogP contribution in [0.15, 0.2) is 0 Å². The predicted molar refractivity (Wildman–Crippen MR) is 42.1 cm³/mol. The Hall–Kier alpha value is -0.0800. The average Bonchev–Trinajstić information content (AvgIpc) is 2.60. The fourth-order valence-corrected chi connectivity index (χ4v) is 3.04. The summed E-state index contributed by atoms with van der Waals surface area (Å²) in [6.45, 7) is 0.561. The topological polar surface area (TPSA) is 40.5 Å². The molecular formula is C9H16O2. The monoisotopic (exact) mass is 156 g/mol. The summed E-state index contributed by atoms with van der Waals surface area (Å²) in [6, 6.07) is 0. The minimum absolute atomic E-state index is 0.124. The number of rotatable bonds is 2. The van der Waals surface area contributed by atoms with Crippen molar-refractivity contribution < 1.29 is 10.2 Å². The zero-order valence-corrected chi connectivity index (χ0v) is 6.79. The van der Waals surface area contributed by atoms with Crippen LogP contribution in [0.5, 0.6) is 0 Å². The molecule has 64 valence electrons. The molecule has 2 aliphatic rings. The van der Waals surface area contributed by atoms with Crippen molar-refractivity contribution in [2.24, 2.45) is 17.3 Å². The van der Waals surface area contributed by atoms with Crippen LogP contribution in [-0.4, -0.2) is 23.4 Å². The molecule has 2 aliphatic carbocycles. The van der Waals surface area contributed by atoms with Gasteiger partial charge in [0.25, 0.3) is 0 Å². The number of hydrogen-bond acceptors (Lipinski definition) is 2. The van der Waals surface area contributed by atoms with E-state index in [0.29, 0.717) is 5.92 Å². The van der Waals surface area contributed by atoms with E-state index in [4.69, 9.17) is 5.11 Å². The zero-order chi connectivity index (χ0) is 7.90.